The van der Waals surface area contributed by atoms with Crippen molar-refractivity contribution in [1.82, 2.24) is 0 Å². The monoisotopic (exact) mass is 396 g/mol. The minimum Gasteiger partial charge on any atom is -0.465 e. The number of ether oxygens (including phenoxy) is 3. The largest absolute Gasteiger partial charge is 0.465 e. The second-order valence-electron chi connectivity index (χ2n) is 7.63. The van der Waals surface area contributed by atoms with Crippen LogP contribution < -0.4 is 0 Å². The van der Waals surface area contributed by atoms with Crippen LogP contribution in [-0.4, -0.2) is 43.5 Å². The molecule has 7 nitrogen and oxygen atoms in total. The number of carbonyl (C=O) groups is 4. The minimum atomic E-state index is -0.880. The molecule has 0 radical (unpaired) electrons. The van der Waals surface area contributed by atoms with E-state index in [0.29, 0.717) is 12.8 Å². The van der Waals surface area contributed by atoms with E-state index in [-0.39, 0.29) is 44.4 Å². The molecule has 0 aromatic carbocycles. The average Bonchev–Trinajstić information content (AvgIpc) is 2.67. The number of hydrogen-bond donors (Lipinski definition) is 0. The first-order valence-corrected chi connectivity index (χ1v) is 9.27. The Hall–Kier alpha value is -2.44. The van der Waals surface area contributed by atoms with Gasteiger partial charge in [-0.25, -0.2) is 9.59 Å². The summed E-state index contributed by atoms with van der Waals surface area (Å²) in [5.74, 6) is -1.66. The molecule has 0 spiro atoms. The molecule has 0 saturated carbocycles. The highest BCUT2D eigenvalue weighted by Crippen LogP contribution is 2.25. The highest BCUT2D eigenvalue weighted by Gasteiger charge is 2.31. The third-order valence-electron chi connectivity index (χ3n) is 4.35. The predicted octanol–water partition coefficient (Wildman–Crippen LogP) is 3.17. The van der Waals surface area contributed by atoms with Crippen LogP contribution in [0.1, 0.15) is 53.4 Å². The summed E-state index contributed by atoms with van der Waals surface area (Å²) >= 11 is 0. The lowest BCUT2D eigenvalue weighted by atomic mass is 9.85. The number of rotatable bonds is 14. The minimum absolute atomic E-state index is 0.0379. The molecule has 0 N–H and O–H groups in total. The Balaban J connectivity index is 4.62. The summed E-state index contributed by atoms with van der Waals surface area (Å²) in [4.78, 5) is 46.9. The molecule has 7 heteroatoms. The summed E-state index contributed by atoms with van der Waals surface area (Å²) < 4.78 is 15.3. The molecule has 0 aromatic heterocycles. The van der Waals surface area contributed by atoms with E-state index in [4.69, 9.17) is 14.2 Å². The third-order valence-corrected chi connectivity index (χ3v) is 4.35. The second kappa shape index (κ2) is 12.1. The Labute approximate surface area is 167 Å². The van der Waals surface area contributed by atoms with Crippen LogP contribution in [0.5, 0.6) is 0 Å². The van der Waals surface area contributed by atoms with E-state index in [1.54, 1.807) is 20.8 Å². The zero-order chi connectivity index (χ0) is 21.8. The Morgan fingerprint density at radius 2 is 1.39 bits per heavy atom. The lowest BCUT2D eigenvalue weighted by Gasteiger charge is -2.27. The van der Waals surface area contributed by atoms with Crippen molar-refractivity contribution >= 4 is 23.7 Å². The van der Waals surface area contributed by atoms with Gasteiger partial charge in [-0.3, -0.25) is 9.59 Å². The molecule has 0 atom stereocenters. The van der Waals surface area contributed by atoms with Crippen LogP contribution in [0.15, 0.2) is 25.3 Å². The van der Waals surface area contributed by atoms with E-state index in [1.165, 1.54) is 0 Å². The molecule has 0 bridgehead atoms. The van der Waals surface area contributed by atoms with Gasteiger partial charge < -0.3 is 14.2 Å². The normalized spacial score (nSPS) is 11.3. The Morgan fingerprint density at radius 1 is 0.893 bits per heavy atom. The average molecular weight is 396 g/mol. The first kappa shape index (κ1) is 25.6. The fourth-order valence-electron chi connectivity index (χ4n) is 2.09. The molecule has 0 aliphatic carbocycles. The molecule has 0 unspecified atom stereocenters. The highest BCUT2D eigenvalue weighted by molar-refractivity contribution is 5.82. The van der Waals surface area contributed by atoms with Crippen molar-refractivity contribution in [3.8, 4) is 0 Å². The number of ketones is 1. The van der Waals surface area contributed by atoms with Gasteiger partial charge in [0.2, 0.25) is 0 Å². The van der Waals surface area contributed by atoms with Gasteiger partial charge in [-0.1, -0.05) is 27.0 Å². The lowest BCUT2D eigenvalue weighted by Crippen LogP contribution is -2.33. The number of carbonyl (C=O) groups excluding carboxylic acids is 4. The van der Waals surface area contributed by atoms with E-state index in [2.05, 4.69) is 13.2 Å². The predicted molar refractivity (Wildman–Crippen MR) is 104 cm³/mol. The maximum absolute atomic E-state index is 12.3. The second-order valence-corrected chi connectivity index (χ2v) is 7.63. The van der Waals surface area contributed by atoms with Crippen LogP contribution in [-0.2, 0) is 33.4 Å². The number of hydrogen-bond acceptors (Lipinski definition) is 7. The molecule has 158 valence electrons. The standard InChI is InChI=1S/C21H32O7/c1-7-17(23)27-14-21(6,15-28-18(24)8-2)13-16(22)11-10-12-26-19(25)20(4,5)9-3/h7-8H,1-2,9-15H2,3-6H3. The van der Waals surface area contributed by atoms with Gasteiger partial charge in [0.1, 0.15) is 19.0 Å². The molecule has 0 saturated heterocycles. The van der Waals surface area contributed by atoms with Crippen molar-refractivity contribution in [2.45, 2.75) is 53.4 Å². The summed E-state index contributed by atoms with van der Waals surface area (Å²) in [6, 6.07) is 0. The van der Waals surface area contributed by atoms with Gasteiger partial charge in [-0.2, -0.15) is 0 Å². The van der Waals surface area contributed by atoms with Crippen LogP contribution in [0.25, 0.3) is 0 Å². The van der Waals surface area contributed by atoms with E-state index in [9.17, 15) is 19.2 Å². The summed E-state index contributed by atoms with van der Waals surface area (Å²) in [5, 5.41) is 0. The zero-order valence-electron chi connectivity index (χ0n) is 17.4. The maximum atomic E-state index is 12.3. The van der Waals surface area contributed by atoms with Crippen LogP contribution in [0.4, 0.5) is 0 Å². The van der Waals surface area contributed by atoms with Crippen molar-refractivity contribution in [2.24, 2.45) is 10.8 Å². The van der Waals surface area contributed by atoms with Crippen molar-refractivity contribution in [2.75, 3.05) is 19.8 Å². The lowest BCUT2D eigenvalue weighted by molar-refractivity contribution is -0.154. The summed E-state index contributed by atoms with van der Waals surface area (Å²) in [5.41, 5.74) is -1.43. The first-order valence-electron chi connectivity index (χ1n) is 9.27. The van der Waals surface area contributed by atoms with Crippen molar-refractivity contribution in [1.29, 1.82) is 0 Å². The fraction of sp³-hybridized carbons (Fsp3) is 0.619. The van der Waals surface area contributed by atoms with Crippen LogP contribution in [0.3, 0.4) is 0 Å². The molecule has 0 aromatic rings. The van der Waals surface area contributed by atoms with Gasteiger partial charge in [0.05, 0.1) is 12.0 Å². The van der Waals surface area contributed by atoms with Crippen LogP contribution >= 0.6 is 0 Å². The molecule has 0 aliphatic heterocycles. The van der Waals surface area contributed by atoms with Crippen LogP contribution in [0.2, 0.25) is 0 Å². The van der Waals surface area contributed by atoms with E-state index >= 15 is 0 Å². The quantitative estimate of drug-likeness (QED) is 0.193. The molecule has 0 heterocycles. The molecular weight excluding hydrogens is 364 g/mol. The Bertz CT molecular complexity index is 566. The SMILES string of the molecule is C=CC(=O)OCC(C)(COC(=O)C=C)CC(=O)CCCOC(=O)C(C)(C)CC. The summed E-state index contributed by atoms with van der Waals surface area (Å²) in [7, 11) is 0. The summed E-state index contributed by atoms with van der Waals surface area (Å²) in [6.07, 6.45) is 3.32. The number of Topliss-reactive ketones (excluding diaryl/α,β-unsaturated/α-hetero) is 1. The van der Waals surface area contributed by atoms with Gasteiger partial charge in [0.15, 0.2) is 0 Å². The molecule has 0 amide bonds. The van der Waals surface area contributed by atoms with Crippen molar-refractivity contribution in [3.63, 3.8) is 0 Å². The maximum Gasteiger partial charge on any atom is 0.330 e. The van der Waals surface area contributed by atoms with Gasteiger partial charge in [-0.05, 0) is 26.7 Å². The zero-order valence-corrected chi connectivity index (χ0v) is 17.4. The van der Waals surface area contributed by atoms with Gasteiger partial charge in [0.25, 0.3) is 0 Å². The molecular formula is C21H32O7. The first-order chi connectivity index (χ1) is 13.0. The Morgan fingerprint density at radius 3 is 1.82 bits per heavy atom. The smallest absolute Gasteiger partial charge is 0.330 e. The molecule has 0 fully saturated rings. The fourth-order valence-corrected chi connectivity index (χ4v) is 2.09. The van der Waals surface area contributed by atoms with Crippen LogP contribution in [0, 0.1) is 10.8 Å². The molecule has 0 aliphatic rings. The third kappa shape index (κ3) is 10.0. The van der Waals surface area contributed by atoms with Gasteiger partial charge in [-0.15, -0.1) is 0 Å². The van der Waals surface area contributed by atoms with E-state index < -0.39 is 22.8 Å². The summed E-state index contributed by atoms with van der Waals surface area (Å²) in [6.45, 7) is 13.8. The highest BCUT2D eigenvalue weighted by atomic mass is 16.5. The van der Waals surface area contributed by atoms with Crippen molar-refractivity contribution in [3.05, 3.63) is 25.3 Å². The van der Waals surface area contributed by atoms with E-state index in [0.717, 1.165) is 12.2 Å². The topological polar surface area (TPSA) is 96.0 Å². The van der Waals surface area contributed by atoms with Gasteiger partial charge >= 0.3 is 17.9 Å². The molecule has 0 rings (SSSR count). The van der Waals surface area contributed by atoms with Crippen molar-refractivity contribution < 1.29 is 33.4 Å². The van der Waals surface area contributed by atoms with Gasteiger partial charge in [0, 0.05) is 30.4 Å². The number of esters is 3. The Kier molecular flexibility index (Phi) is 11.0. The molecule has 28 heavy (non-hydrogen) atoms. The van der Waals surface area contributed by atoms with E-state index in [1.807, 2.05) is 6.92 Å².